The van der Waals surface area contributed by atoms with Crippen LogP contribution in [0.3, 0.4) is 0 Å². The van der Waals surface area contributed by atoms with E-state index in [9.17, 15) is 13.2 Å². The number of ether oxygens (including phenoxy) is 6. The summed E-state index contributed by atoms with van der Waals surface area (Å²) in [7, 11) is 3.20. The lowest BCUT2D eigenvalue weighted by atomic mass is 9.81. The highest BCUT2D eigenvalue weighted by molar-refractivity contribution is 7.90. The average Bonchev–Trinajstić information content (AvgIpc) is 3.55. The highest BCUT2D eigenvalue weighted by atomic mass is 32.2. The van der Waals surface area contributed by atoms with Crippen LogP contribution in [0.1, 0.15) is 39.2 Å². The third kappa shape index (κ3) is 3.87. The number of hydrogen-bond donors (Lipinski definition) is 0. The second-order valence-corrected chi connectivity index (χ2v) is 11.9. The summed E-state index contributed by atoms with van der Waals surface area (Å²) < 4.78 is 59.0. The predicted octanol–water partition coefficient (Wildman–Crippen LogP) is 3.95. The van der Waals surface area contributed by atoms with Gasteiger partial charge in [-0.15, -0.1) is 0 Å². The number of nitrogens with zero attached hydrogens (tertiary/aromatic N) is 1. The molecule has 3 aromatic carbocycles. The molecule has 0 bridgehead atoms. The van der Waals surface area contributed by atoms with E-state index in [0.717, 1.165) is 22.3 Å². The van der Waals surface area contributed by atoms with Crippen molar-refractivity contribution in [3.05, 3.63) is 58.7 Å². The number of carbonyl (C=O) groups excluding carboxylic acids is 1. The van der Waals surface area contributed by atoms with Gasteiger partial charge in [-0.1, -0.05) is 18.2 Å². The lowest BCUT2D eigenvalue weighted by Crippen LogP contribution is -2.36. The first-order valence-corrected chi connectivity index (χ1v) is 14.6. The zero-order valence-electron chi connectivity index (χ0n) is 22.8. The number of likely N-dealkylation sites (N-methyl/N-ethyl adjacent to an activating group) is 1. The zero-order chi connectivity index (χ0) is 28.3. The van der Waals surface area contributed by atoms with Gasteiger partial charge in [-0.2, -0.15) is 0 Å². The molecule has 6 rings (SSSR count). The molecule has 0 aromatic heterocycles. The number of methoxy groups -OCH3 is 3. The standard InChI is InChI=1S/C29H29NO9S/c1-30-13-12-17-20(15-6-8-16(9-7-15)40(5,32)33)27-28(38-14-37-27)26(36-4)21(17)23(30)24-18-10-11-19(34-2)25(35-3)22(18)29(31)39-24/h6-11,23-24H,12-14H2,1-5H3/t23-,24+/m1/s1. The number of rotatable bonds is 6. The predicted molar refractivity (Wildman–Crippen MR) is 144 cm³/mol. The van der Waals surface area contributed by atoms with Crippen LogP contribution >= 0.6 is 0 Å². The Morgan fingerprint density at radius 3 is 2.25 bits per heavy atom. The summed E-state index contributed by atoms with van der Waals surface area (Å²) in [5.41, 5.74) is 4.39. The summed E-state index contributed by atoms with van der Waals surface area (Å²) in [4.78, 5) is 15.6. The van der Waals surface area contributed by atoms with E-state index in [2.05, 4.69) is 4.90 Å². The van der Waals surface area contributed by atoms with Gasteiger partial charge in [0.05, 0.1) is 32.3 Å². The van der Waals surface area contributed by atoms with E-state index in [1.807, 2.05) is 13.1 Å². The first-order valence-electron chi connectivity index (χ1n) is 12.7. The number of carbonyl (C=O) groups is 1. The van der Waals surface area contributed by atoms with Gasteiger partial charge >= 0.3 is 5.97 Å². The molecular weight excluding hydrogens is 538 g/mol. The molecule has 0 fully saturated rings. The molecule has 3 aromatic rings. The summed E-state index contributed by atoms with van der Waals surface area (Å²) in [6, 6.07) is 9.90. The molecule has 0 radical (unpaired) electrons. The molecule has 2 atom stereocenters. The van der Waals surface area contributed by atoms with Crippen LogP contribution in [0.4, 0.5) is 0 Å². The van der Waals surface area contributed by atoms with Gasteiger partial charge in [-0.25, -0.2) is 13.2 Å². The minimum absolute atomic E-state index is 0.0156. The second-order valence-electron chi connectivity index (χ2n) is 9.93. The quantitative estimate of drug-likeness (QED) is 0.406. The summed E-state index contributed by atoms with van der Waals surface area (Å²) in [5, 5.41) is 0. The molecule has 3 aliphatic rings. The molecule has 0 saturated heterocycles. The Bertz CT molecular complexity index is 1630. The van der Waals surface area contributed by atoms with E-state index in [1.165, 1.54) is 20.5 Å². The van der Waals surface area contributed by atoms with Gasteiger partial charge in [-0.3, -0.25) is 4.90 Å². The van der Waals surface area contributed by atoms with E-state index >= 15 is 0 Å². The Morgan fingerprint density at radius 1 is 0.900 bits per heavy atom. The Labute approximate surface area is 232 Å². The van der Waals surface area contributed by atoms with Crippen molar-refractivity contribution in [3.63, 3.8) is 0 Å². The number of sulfone groups is 1. The SMILES string of the molecule is COc1ccc2c(c1OC)C(=O)O[C@@H]2[C@H]1c2c(c(-c3ccc(S(C)(=O)=O)cc3)c3c(c2OC)OCO3)CCN1C. The van der Waals surface area contributed by atoms with Gasteiger partial charge in [0.2, 0.25) is 12.5 Å². The number of cyclic esters (lactones) is 1. The minimum Gasteiger partial charge on any atom is -0.493 e. The van der Waals surface area contributed by atoms with Crippen LogP contribution in [0.5, 0.6) is 28.7 Å². The smallest absolute Gasteiger partial charge is 0.343 e. The van der Waals surface area contributed by atoms with E-state index in [1.54, 1.807) is 37.4 Å². The molecule has 0 unspecified atom stereocenters. The van der Waals surface area contributed by atoms with Crippen molar-refractivity contribution in [2.24, 2.45) is 0 Å². The van der Waals surface area contributed by atoms with Gasteiger partial charge < -0.3 is 28.4 Å². The normalized spacial score (nSPS) is 19.6. The molecule has 210 valence electrons. The van der Waals surface area contributed by atoms with Gasteiger partial charge in [0.15, 0.2) is 32.8 Å². The van der Waals surface area contributed by atoms with Crippen LogP contribution < -0.4 is 23.7 Å². The monoisotopic (exact) mass is 567 g/mol. The maximum absolute atomic E-state index is 13.2. The maximum Gasteiger partial charge on any atom is 0.343 e. The molecule has 10 nitrogen and oxygen atoms in total. The lowest BCUT2D eigenvalue weighted by Gasteiger charge is -2.39. The molecule has 0 N–H and O–H groups in total. The van der Waals surface area contributed by atoms with Crippen molar-refractivity contribution in [2.45, 2.75) is 23.5 Å². The van der Waals surface area contributed by atoms with E-state index in [4.69, 9.17) is 28.4 Å². The van der Waals surface area contributed by atoms with Crippen LogP contribution in [-0.2, 0) is 21.0 Å². The summed E-state index contributed by atoms with van der Waals surface area (Å²) >= 11 is 0. The van der Waals surface area contributed by atoms with E-state index in [0.29, 0.717) is 52.8 Å². The fourth-order valence-electron chi connectivity index (χ4n) is 6.01. The molecule has 0 amide bonds. The van der Waals surface area contributed by atoms with Gasteiger partial charge in [0.25, 0.3) is 0 Å². The molecular formula is C29H29NO9S. The van der Waals surface area contributed by atoms with Crippen molar-refractivity contribution < 1.29 is 41.6 Å². The minimum atomic E-state index is -3.36. The molecule has 11 heteroatoms. The Balaban J connectivity index is 1.58. The number of benzene rings is 3. The first kappa shape index (κ1) is 26.3. The summed E-state index contributed by atoms with van der Waals surface area (Å²) in [6.45, 7) is 0.674. The van der Waals surface area contributed by atoms with Crippen LogP contribution in [0.2, 0.25) is 0 Å². The second kappa shape index (κ2) is 9.60. The Morgan fingerprint density at radius 2 is 1.60 bits per heavy atom. The largest absolute Gasteiger partial charge is 0.493 e. The Hall–Kier alpha value is -3.96. The zero-order valence-corrected chi connectivity index (χ0v) is 23.6. The van der Waals surface area contributed by atoms with Crippen LogP contribution in [0.15, 0.2) is 41.3 Å². The molecule has 3 aliphatic heterocycles. The van der Waals surface area contributed by atoms with Gasteiger partial charge in [0.1, 0.15) is 11.7 Å². The third-order valence-electron chi connectivity index (χ3n) is 7.79. The summed E-state index contributed by atoms with van der Waals surface area (Å²) in [6.07, 6.45) is 1.16. The number of hydrogen-bond acceptors (Lipinski definition) is 10. The lowest BCUT2D eigenvalue weighted by molar-refractivity contribution is 0.00877. The van der Waals surface area contributed by atoms with Crippen molar-refractivity contribution in [2.75, 3.05) is 48.0 Å². The highest BCUT2D eigenvalue weighted by Crippen LogP contribution is 2.58. The van der Waals surface area contributed by atoms with Crippen molar-refractivity contribution >= 4 is 15.8 Å². The molecule has 3 heterocycles. The third-order valence-corrected chi connectivity index (χ3v) is 8.92. The first-order chi connectivity index (χ1) is 19.2. The number of fused-ring (bicyclic) bond motifs is 3. The van der Waals surface area contributed by atoms with Crippen molar-refractivity contribution in [1.29, 1.82) is 0 Å². The van der Waals surface area contributed by atoms with Crippen LogP contribution in [-0.4, -0.2) is 67.3 Å². The van der Waals surface area contributed by atoms with Crippen molar-refractivity contribution in [1.82, 2.24) is 4.90 Å². The average molecular weight is 568 g/mol. The molecule has 0 aliphatic carbocycles. The maximum atomic E-state index is 13.2. The van der Waals surface area contributed by atoms with Crippen LogP contribution in [0, 0.1) is 0 Å². The Kier molecular flexibility index (Phi) is 6.30. The molecule has 0 spiro atoms. The van der Waals surface area contributed by atoms with E-state index in [-0.39, 0.29) is 11.7 Å². The highest BCUT2D eigenvalue weighted by Gasteiger charge is 2.47. The summed E-state index contributed by atoms with van der Waals surface area (Å²) in [5.74, 6) is 1.79. The van der Waals surface area contributed by atoms with Gasteiger partial charge in [0, 0.05) is 29.5 Å². The topological polar surface area (TPSA) is 110 Å². The molecule has 0 saturated carbocycles. The van der Waals surface area contributed by atoms with Gasteiger partial charge in [-0.05, 0) is 42.8 Å². The van der Waals surface area contributed by atoms with E-state index < -0.39 is 28.0 Å². The number of esters is 1. The van der Waals surface area contributed by atoms with Crippen LogP contribution in [0.25, 0.3) is 11.1 Å². The fourth-order valence-corrected chi connectivity index (χ4v) is 6.64. The van der Waals surface area contributed by atoms with Crippen molar-refractivity contribution in [3.8, 4) is 39.9 Å². The molecule has 40 heavy (non-hydrogen) atoms. The fraction of sp³-hybridized carbons (Fsp3) is 0.345.